The number of nitrogens with zero attached hydrogens (tertiary/aromatic N) is 5. The summed E-state index contributed by atoms with van der Waals surface area (Å²) in [5, 5.41) is 15.2. The van der Waals surface area contributed by atoms with Gasteiger partial charge in [0.05, 0.1) is 4.92 Å². The van der Waals surface area contributed by atoms with Crippen LogP contribution in [-0.4, -0.2) is 43.9 Å². The number of aromatic nitrogens is 3. The first-order valence-corrected chi connectivity index (χ1v) is 10.8. The number of hydrogen-bond donors (Lipinski definition) is 2. The molecule has 30 heavy (non-hydrogen) atoms. The van der Waals surface area contributed by atoms with Crippen molar-refractivity contribution in [1.29, 1.82) is 0 Å². The maximum absolute atomic E-state index is 11.6. The van der Waals surface area contributed by atoms with Crippen molar-refractivity contribution in [3.63, 3.8) is 0 Å². The van der Waals surface area contributed by atoms with Crippen LogP contribution in [0.1, 0.15) is 43.4 Å². The van der Waals surface area contributed by atoms with E-state index in [-0.39, 0.29) is 17.5 Å². The number of hydrogen-bond acceptors (Lipinski definition) is 8. The number of nitrogens with two attached hydrogens (primary N) is 1. The highest BCUT2D eigenvalue weighted by Crippen LogP contribution is 2.34. The molecule has 1 saturated carbocycles. The number of anilines is 2. The van der Waals surface area contributed by atoms with Crippen molar-refractivity contribution >= 4 is 29.1 Å². The van der Waals surface area contributed by atoms with E-state index in [1.165, 1.54) is 19.5 Å². The molecule has 0 spiro atoms. The molecule has 0 amide bonds. The van der Waals surface area contributed by atoms with E-state index in [4.69, 9.17) is 17.3 Å². The van der Waals surface area contributed by atoms with Crippen molar-refractivity contribution in [1.82, 2.24) is 19.9 Å². The zero-order chi connectivity index (χ0) is 21.1. The first-order valence-electron chi connectivity index (χ1n) is 10.4. The van der Waals surface area contributed by atoms with Gasteiger partial charge in [0, 0.05) is 35.6 Å². The molecule has 10 heteroatoms. The highest BCUT2D eigenvalue weighted by Gasteiger charge is 2.31. The van der Waals surface area contributed by atoms with Crippen LogP contribution in [0.15, 0.2) is 18.5 Å². The second kappa shape index (κ2) is 9.09. The lowest BCUT2D eigenvalue weighted by Gasteiger charge is -2.42. The van der Waals surface area contributed by atoms with Crippen LogP contribution < -0.4 is 11.1 Å². The van der Waals surface area contributed by atoms with Crippen molar-refractivity contribution in [2.75, 3.05) is 24.1 Å². The maximum Gasteiger partial charge on any atom is 0.332 e. The Bertz CT molecular complexity index is 914. The molecule has 160 valence electrons. The molecular formula is C20H26ClN7O2. The standard InChI is InChI=1S/C20H26ClN7O2/c21-16-6-7-23-11-14(16)12-24-20-25-17(18(28(29)30)19(22)26-20)10-13-2-4-15(5-3-13)27-8-1-9-27/h6-7,11,13,15H,1-5,8-10,12H2,(H3,22,24,25,26). The molecule has 0 atom stereocenters. The van der Waals surface area contributed by atoms with Crippen molar-refractivity contribution in [3.05, 3.63) is 44.9 Å². The van der Waals surface area contributed by atoms with Gasteiger partial charge in [0.2, 0.25) is 11.8 Å². The number of nitro groups is 1. The minimum absolute atomic E-state index is 0.112. The van der Waals surface area contributed by atoms with E-state index in [2.05, 4.69) is 25.2 Å². The quantitative estimate of drug-likeness (QED) is 0.504. The largest absolute Gasteiger partial charge is 0.378 e. The zero-order valence-corrected chi connectivity index (χ0v) is 17.5. The second-order valence-electron chi connectivity index (χ2n) is 8.07. The predicted octanol–water partition coefficient (Wildman–Crippen LogP) is 3.43. The molecule has 1 aliphatic heterocycles. The molecule has 0 unspecified atom stereocenters. The Kier molecular flexibility index (Phi) is 6.29. The molecule has 2 fully saturated rings. The van der Waals surface area contributed by atoms with Crippen LogP contribution in [0.3, 0.4) is 0 Å². The van der Waals surface area contributed by atoms with Crippen LogP contribution in [0.25, 0.3) is 0 Å². The fourth-order valence-corrected chi connectivity index (χ4v) is 4.52. The van der Waals surface area contributed by atoms with Crippen molar-refractivity contribution < 1.29 is 4.92 Å². The van der Waals surface area contributed by atoms with Gasteiger partial charge >= 0.3 is 5.69 Å². The van der Waals surface area contributed by atoms with Crippen LogP contribution >= 0.6 is 11.6 Å². The molecule has 0 aromatic carbocycles. The zero-order valence-electron chi connectivity index (χ0n) is 16.8. The summed E-state index contributed by atoms with van der Waals surface area (Å²) < 4.78 is 0. The van der Waals surface area contributed by atoms with Crippen LogP contribution in [0.2, 0.25) is 5.02 Å². The molecule has 0 radical (unpaired) electrons. The number of nitrogens with one attached hydrogen (secondary N) is 1. The third-order valence-electron chi connectivity index (χ3n) is 6.15. The third-order valence-corrected chi connectivity index (χ3v) is 6.52. The van der Waals surface area contributed by atoms with Gasteiger partial charge in [-0.1, -0.05) is 11.6 Å². The first kappa shape index (κ1) is 20.7. The van der Waals surface area contributed by atoms with Gasteiger partial charge in [-0.05, 0) is 63.6 Å². The number of halogens is 1. The summed E-state index contributed by atoms with van der Waals surface area (Å²) in [5.74, 6) is 0.525. The van der Waals surface area contributed by atoms with E-state index in [1.807, 2.05) is 0 Å². The van der Waals surface area contributed by atoms with E-state index < -0.39 is 4.92 Å². The van der Waals surface area contributed by atoms with E-state index in [9.17, 15) is 10.1 Å². The summed E-state index contributed by atoms with van der Waals surface area (Å²) in [5.41, 5.74) is 6.95. The average molecular weight is 432 g/mol. The summed E-state index contributed by atoms with van der Waals surface area (Å²) in [6.07, 6.45) is 9.49. The lowest BCUT2D eigenvalue weighted by molar-refractivity contribution is -0.385. The SMILES string of the molecule is Nc1nc(NCc2cnccc2Cl)nc(CC2CCC(N3CCC3)CC2)c1[N+](=O)[O-]. The molecule has 9 nitrogen and oxygen atoms in total. The van der Waals surface area contributed by atoms with Gasteiger partial charge < -0.3 is 16.0 Å². The van der Waals surface area contributed by atoms with Gasteiger partial charge in [0.1, 0.15) is 5.69 Å². The van der Waals surface area contributed by atoms with E-state index in [0.717, 1.165) is 31.2 Å². The summed E-state index contributed by atoms with van der Waals surface area (Å²) in [7, 11) is 0. The molecule has 2 aromatic rings. The van der Waals surface area contributed by atoms with Crippen molar-refractivity contribution in [2.24, 2.45) is 5.92 Å². The van der Waals surface area contributed by atoms with Gasteiger partial charge in [-0.15, -0.1) is 0 Å². The minimum atomic E-state index is -0.474. The van der Waals surface area contributed by atoms with E-state index in [1.54, 1.807) is 18.5 Å². The summed E-state index contributed by atoms with van der Waals surface area (Å²) in [6.45, 7) is 2.77. The lowest BCUT2D eigenvalue weighted by Crippen LogP contribution is -2.46. The van der Waals surface area contributed by atoms with Gasteiger partial charge in [-0.25, -0.2) is 4.98 Å². The smallest absolute Gasteiger partial charge is 0.332 e. The summed E-state index contributed by atoms with van der Waals surface area (Å²) >= 11 is 6.16. The van der Waals surface area contributed by atoms with Gasteiger partial charge in [0.15, 0.2) is 0 Å². The van der Waals surface area contributed by atoms with Crippen molar-refractivity contribution in [2.45, 2.75) is 51.1 Å². The number of nitrogen functional groups attached to an aromatic ring is 1. The maximum atomic E-state index is 11.6. The number of rotatable bonds is 7. The molecule has 1 saturated heterocycles. The molecule has 3 heterocycles. The topological polar surface area (TPSA) is 123 Å². The normalized spacial score (nSPS) is 21.8. The fourth-order valence-electron chi connectivity index (χ4n) is 4.35. The summed E-state index contributed by atoms with van der Waals surface area (Å²) in [4.78, 5) is 26.3. The van der Waals surface area contributed by atoms with E-state index in [0.29, 0.717) is 35.6 Å². The van der Waals surface area contributed by atoms with Gasteiger partial charge in [-0.2, -0.15) is 4.98 Å². The van der Waals surface area contributed by atoms with Crippen LogP contribution in [0, 0.1) is 16.0 Å². The van der Waals surface area contributed by atoms with Gasteiger partial charge in [-0.3, -0.25) is 15.1 Å². The number of likely N-dealkylation sites (tertiary alicyclic amines) is 1. The first-order chi connectivity index (χ1) is 14.5. The Balaban J connectivity index is 1.46. The average Bonchev–Trinajstić information content (AvgIpc) is 2.67. The predicted molar refractivity (Wildman–Crippen MR) is 115 cm³/mol. The lowest BCUT2D eigenvalue weighted by atomic mass is 9.82. The Labute approximate surface area is 180 Å². The Morgan fingerprint density at radius 3 is 2.67 bits per heavy atom. The Morgan fingerprint density at radius 1 is 1.27 bits per heavy atom. The Hall–Kier alpha value is -2.52. The van der Waals surface area contributed by atoms with Crippen LogP contribution in [-0.2, 0) is 13.0 Å². The second-order valence-corrected chi connectivity index (χ2v) is 8.48. The number of pyridine rings is 1. The Morgan fingerprint density at radius 2 is 2.03 bits per heavy atom. The molecule has 1 aliphatic carbocycles. The third kappa shape index (κ3) is 4.62. The summed E-state index contributed by atoms with van der Waals surface area (Å²) in [6, 6.07) is 2.37. The molecule has 3 N–H and O–H groups in total. The molecular weight excluding hydrogens is 406 g/mol. The highest BCUT2D eigenvalue weighted by atomic mass is 35.5. The molecule has 4 rings (SSSR count). The van der Waals surface area contributed by atoms with Crippen LogP contribution in [0.4, 0.5) is 17.5 Å². The van der Waals surface area contributed by atoms with E-state index >= 15 is 0 Å². The fraction of sp³-hybridized carbons (Fsp3) is 0.550. The van der Waals surface area contributed by atoms with Crippen LogP contribution in [0.5, 0.6) is 0 Å². The van der Waals surface area contributed by atoms with Gasteiger partial charge in [0.25, 0.3) is 0 Å². The van der Waals surface area contributed by atoms with Crippen molar-refractivity contribution in [3.8, 4) is 0 Å². The minimum Gasteiger partial charge on any atom is -0.378 e. The molecule has 0 bridgehead atoms. The monoisotopic (exact) mass is 431 g/mol. The highest BCUT2D eigenvalue weighted by molar-refractivity contribution is 6.31. The molecule has 2 aromatic heterocycles. The molecule has 2 aliphatic rings.